The first-order valence-electron chi connectivity index (χ1n) is 7.29. The fourth-order valence-electron chi connectivity index (χ4n) is 2.53. The predicted octanol–water partition coefficient (Wildman–Crippen LogP) is 2.46. The number of aryl methyl sites for hydroxylation is 1. The minimum Gasteiger partial charge on any atom is -0.494 e. The molecule has 2 heterocycles. The third kappa shape index (κ3) is 2.63. The molecule has 1 amide bonds. The van der Waals surface area contributed by atoms with E-state index >= 15 is 0 Å². The van der Waals surface area contributed by atoms with Gasteiger partial charge in [0.2, 0.25) is 5.91 Å². The van der Waals surface area contributed by atoms with E-state index in [0.29, 0.717) is 0 Å². The molecule has 1 atom stereocenters. The molecule has 118 valence electrons. The van der Waals surface area contributed by atoms with Crippen LogP contribution in [0.4, 0.5) is 0 Å². The average Bonchev–Trinajstić information content (AvgIpc) is 3.02. The number of hydrogen-bond donors (Lipinski definition) is 1. The molecule has 0 aliphatic carbocycles. The lowest BCUT2D eigenvalue weighted by Crippen LogP contribution is -2.24. The lowest BCUT2D eigenvalue weighted by molar-refractivity contribution is -0.120. The fourth-order valence-corrected chi connectivity index (χ4v) is 2.53. The third-order valence-electron chi connectivity index (χ3n) is 3.90. The molecule has 2 aromatic heterocycles. The second-order valence-corrected chi connectivity index (χ2v) is 5.45. The van der Waals surface area contributed by atoms with Crippen LogP contribution in [0.1, 0.15) is 18.7 Å². The van der Waals surface area contributed by atoms with Crippen LogP contribution in [0.5, 0.6) is 5.75 Å². The van der Waals surface area contributed by atoms with Gasteiger partial charge in [0, 0.05) is 22.8 Å². The number of aromatic nitrogens is 3. The molecule has 0 bridgehead atoms. The van der Waals surface area contributed by atoms with Gasteiger partial charge in [0.1, 0.15) is 17.3 Å². The van der Waals surface area contributed by atoms with Crippen molar-refractivity contribution in [1.82, 2.24) is 14.8 Å². The van der Waals surface area contributed by atoms with Crippen molar-refractivity contribution in [3.8, 4) is 16.9 Å². The Kier molecular flexibility index (Phi) is 3.73. The number of nitrogens with two attached hydrogens (primary N) is 1. The van der Waals surface area contributed by atoms with Crippen molar-refractivity contribution in [3.63, 3.8) is 0 Å². The normalized spacial score (nSPS) is 12.3. The second kappa shape index (κ2) is 5.72. The number of methoxy groups -OCH3 is 1. The molecular formula is C17H18N4O2. The van der Waals surface area contributed by atoms with Crippen LogP contribution < -0.4 is 10.5 Å². The Balaban J connectivity index is 2.16. The summed E-state index contributed by atoms with van der Waals surface area (Å²) in [6, 6.07) is 7.34. The van der Waals surface area contributed by atoms with Crippen molar-refractivity contribution in [2.75, 3.05) is 7.11 Å². The Hall–Kier alpha value is -2.89. The topological polar surface area (TPSA) is 83.0 Å². The Bertz CT molecular complexity index is 885. The van der Waals surface area contributed by atoms with Crippen molar-refractivity contribution in [2.45, 2.75) is 19.9 Å². The van der Waals surface area contributed by atoms with E-state index in [1.807, 2.05) is 37.4 Å². The number of ether oxygens (including phenoxy) is 1. The van der Waals surface area contributed by atoms with Gasteiger partial charge >= 0.3 is 0 Å². The number of carbonyl (C=O) groups is 1. The van der Waals surface area contributed by atoms with E-state index in [0.717, 1.165) is 33.5 Å². The molecule has 6 heteroatoms. The number of nitrogens with zero attached hydrogens (tertiary/aromatic N) is 3. The highest BCUT2D eigenvalue weighted by atomic mass is 16.5. The number of rotatable bonds is 4. The van der Waals surface area contributed by atoms with Crippen LogP contribution in [0.15, 0.2) is 36.7 Å². The minimum atomic E-state index is -0.492. The number of carbonyl (C=O) groups excluding carboxylic acids is 1. The summed E-state index contributed by atoms with van der Waals surface area (Å²) >= 11 is 0. The third-order valence-corrected chi connectivity index (χ3v) is 3.90. The van der Waals surface area contributed by atoms with Crippen LogP contribution in [0.25, 0.3) is 22.0 Å². The average molecular weight is 310 g/mol. The van der Waals surface area contributed by atoms with Crippen molar-refractivity contribution in [2.24, 2.45) is 5.73 Å². The van der Waals surface area contributed by atoms with Gasteiger partial charge in [-0.3, -0.25) is 9.48 Å². The summed E-state index contributed by atoms with van der Waals surface area (Å²) in [4.78, 5) is 15.9. The second-order valence-electron chi connectivity index (χ2n) is 5.45. The molecule has 3 aromatic rings. The highest BCUT2D eigenvalue weighted by Crippen LogP contribution is 2.33. The highest BCUT2D eigenvalue weighted by molar-refractivity contribution is 5.97. The molecule has 0 aliphatic rings. The van der Waals surface area contributed by atoms with E-state index in [1.165, 1.54) is 0 Å². The van der Waals surface area contributed by atoms with E-state index in [2.05, 4.69) is 10.1 Å². The molecular weight excluding hydrogens is 292 g/mol. The van der Waals surface area contributed by atoms with E-state index in [9.17, 15) is 4.79 Å². The number of pyridine rings is 1. The molecule has 0 fully saturated rings. The zero-order valence-electron chi connectivity index (χ0n) is 13.3. The molecule has 0 spiro atoms. The van der Waals surface area contributed by atoms with Gasteiger partial charge < -0.3 is 10.5 Å². The van der Waals surface area contributed by atoms with Crippen LogP contribution in [0.3, 0.4) is 0 Å². The first kappa shape index (κ1) is 15.0. The predicted molar refractivity (Wildman–Crippen MR) is 88.2 cm³/mol. The maximum absolute atomic E-state index is 11.3. The van der Waals surface area contributed by atoms with Crippen molar-refractivity contribution >= 4 is 16.8 Å². The number of amides is 1. The lowest BCUT2D eigenvalue weighted by Gasteiger charge is -2.10. The van der Waals surface area contributed by atoms with E-state index in [-0.39, 0.29) is 0 Å². The fraction of sp³-hybridized carbons (Fsp3) is 0.235. The van der Waals surface area contributed by atoms with Gasteiger partial charge in [-0.2, -0.15) is 5.10 Å². The largest absolute Gasteiger partial charge is 0.494 e. The van der Waals surface area contributed by atoms with Gasteiger partial charge in [-0.05, 0) is 37.6 Å². The molecule has 0 radical (unpaired) electrons. The van der Waals surface area contributed by atoms with Crippen LogP contribution in [-0.2, 0) is 4.79 Å². The highest BCUT2D eigenvalue weighted by Gasteiger charge is 2.15. The van der Waals surface area contributed by atoms with Gasteiger partial charge in [-0.1, -0.05) is 6.07 Å². The molecule has 0 unspecified atom stereocenters. The van der Waals surface area contributed by atoms with Gasteiger partial charge in [0.05, 0.1) is 13.3 Å². The van der Waals surface area contributed by atoms with E-state index in [4.69, 9.17) is 10.5 Å². The summed E-state index contributed by atoms with van der Waals surface area (Å²) in [5.74, 6) is 0.307. The SMILES string of the molecule is COc1ccc(-c2cnn([C@@H](C)C(N)=O)c2)c2ccc(C)nc12. The quantitative estimate of drug-likeness (QED) is 0.802. The number of fused-ring (bicyclic) bond motifs is 1. The first-order chi connectivity index (χ1) is 11.0. The smallest absolute Gasteiger partial charge is 0.241 e. The van der Waals surface area contributed by atoms with Gasteiger partial charge in [0.25, 0.3) is 0 Å². The Morgan fingerprint density at radius 1 is 1.30 bits per heavy atom. The van der Waals surface area contributed by atoms with Crippen LogP contribution in [0, 0.1) is 6.92 Å². The summed E-state index contributed by atoms with van der Waals surface area (Å²) in [5.41, 5.74) is 8.95. The zero-order valence-corrected chi connectivity index (χ0v) is 13.3. The summed E-state index contributed by atoms with van der Waals surface area (Å²) in [6.45, 7) is 3.66. The Labute approximate surface area is 133 Å². The zero-order chi connectivity index (χ0) is 16.6. The molecule has 1 aromatic carbocycles. The Morgan fingerprint density at radius 3 is 2.78 bits per heavy atom. The van der Waals surface area contributed by atoms with E-state index < -0.39 is 11.9 Å². The number of benzene rings is 1. The molecule has 0 aliphatic heterocycles. The molecule has 2 N–H and O–H groups in total. The lowest BCUT2D eigenvalue weighted by atomic mass is 10.0. The van der Waals surface area contributed by atoms with Crippen LogP contribution in [0.2, 0.25) is 0 Å². The van der Waals surface area contributed by atoms with Gasteiger partial charge in [-0.25, -0.2) is 4.98 Å². The molecule has 0 saturated carbocycles. The molecule has 6 nitrogen and oxygen atoms in total. The minimum absolute atomic E-state index is 0.420. The van der Waals surface area contributed by atoms with Crippen LogP contribution in [-0.4, -0.2) is 27.8 Å². The summed E-state index contributed by atoms with van der Waals surface area (Å²) in [6.07, 6.45) is 3.54. The maximum Gasteiger partial charge on any atom is 0.241 e. The van der Waals surface area contributed by atoms with Crippen LogP contribution >= 0.6 is 0 Å². The Morgan fingerprint density at radius 2 is 2.09 bits per heavy atom. The molecule has 3 rings (SSSR count). The molecule has 23 heavy (non-hydrogen) atoms. The number of hydrogen-bond acceptors (Lipinski definition) is 4. The van der Waals surface area contributed by atoms with Gasteiger partial charge in [0.15, 0.2) is 0 Å². The first-order valence-corrected chi connectivity index (χ1v) is 7.29. The maximum atomic E-state index is 11.3. The summed E-state index contributed by atoms with van der Waals surface area (Å²) in [5, 5.41) is 5.22. The van der Waals surface area contributed by atoms with Crippen molar-refractivity contribution in [3.05, 3.63) is 42.4 Å². The standard InChI is InChI=1S/C17H18N4O2/c1-10-4-5-14-13(6-7-15(23-3)16(14)20-10)12-8-19-21(9-12)11(2)17(18)22/h4-9,11H,1-3H3,(H2,18,22)/t11-/m0/s1. The summed E-state index contributed by atoms with van der Waals surface area (Å²) < 4.78 is 6.97. The monoisotopic (exact) mass is 310 g/mol. The van der Waals surface area contributed by atoms with Gasteiger partial charge in [-0.15, -0.1) is 0 Å². The summed E-state index contributed by atoms with van der Waals surface area (Å²) in [7, 11) is 1.63. The van der Waals surface area contributed by atoms with Crippen molar-refractivity contribution in [1.29, 1.82) is 0 Å². The number of primary amides is 1. The molecule has 0 saturated heterocycles. The van der Waals surface area contributed by atoms with E-state index in [1.54, 1.807) is 24.9 Å². The van der Waals surface area contributed by atoms with Crippen molar-refractivity contribution < 1.29 is 9.53 Å².